The minimum Gasteiger partial charge on any atom is -0.461 e. The highest BCUT2D eigenvalue weighted by Crippen LogP contribution is 2.22. The molecular weight excluding hydrogens is 276 g/mol. The van der Waals surface area contributed by atoms with Crippen LogP contribution in [0.2, 0.25) is 4.34 Å². The summed E-state index contributed by atoms with van der Waals surface area (Å²) < 4.78 is 10.6. The van der Waals surface area contributed by atoms with E-state index in [1.165, 1.54) is 17.6 Å². The molecule has 96 valence electrons. The monoisotopic (exact) mass is 286 g/mol. The number of halogens is 1. The van der Waals surface area contributed by atoms with Gasteiger partial charge in [-0.15, -0.1) is 11.3 Å². The highest BCUT2D eigenvalue weighted by molar-refractivity contribution is 7.16. The summed E-state index contributed by atoms with van der Waals surface area (Å²) in [5.41, 5.74) is 0.156. The summed E-state index contributed by atoms with van der Waals surface area (Å²) in [5, 5.41) is 2.96. The van der Waals surface area contributed by atoms with E-state index in [4.69, 9.17) is 20.8 Å². The lowest BCUT2D eigenvalue weighted by molar-refractivity contribution is 0.0519. The number of oxazole rings is 1. The second-order valence-electron chi connectivity index (χ2n) is 3.32. The number of rotatable bonds is 5. The van der Waals surface area contributed by atoms with E-state index in [0.29, 0.717) is 13.2 Å². The number of carbonyl (C=O) groups is 1. The Morgan fingerprint density at radius 2 is 2.44 bits per heavy atom. The van der Waals surface area contributed by atoms with E-state index >= 15 is 0 Å². The van der Waals surface area contributed by atoms with E-state index in [1.807, 2.05) is 12.1 Å². The molecular formula is C11H11ClN2O3S. The van der Waals surface area contributed by atoms with Gasteiger partial charge in [-0.2, -0.15) is 4.98 Å². The van der Waals surface area contributed by atoms with Crippen LogP contribution in [0.4, 0.5) is 6.01 Å². The van der Waals surface area contributed by atoms with Gasteiger partial charge in [-0.25, -0.2) is 4.79 Å². The van der Waals surface area contributed by atoms with Gasteiger partial charge in [0.2, 0.25) is 0 Å². The number of hydrogen-bond acceptors (Lipinski definition) is 6. The molecule has 0 aliphatic heterocycles. The minimum absolute atomic E-state index is 0.156. The number of nitrogens with one attached hydrogen (secondary N) is 1. The summed E-state index contributed by atoms with van der Waals surface area (Å²) in [6.45, 7) is 2.58. The van der Waals surface area contributed by atoms with Crippen molar-refractivity contribution < 1.29 is 13.9 Å². The minimum atomic E-state index is -0.492. The van der Waals surface area contributed by atoms with Crippen LogP contribution in [0.5, 0.6) is 0 Å². The number of ether oxygens (including phenoxy) is 1. The summed E-state index contributed by atoms with van der Waals surface area (Å²) in [6.07, 6.45) is 1.27. The lowest BCUT2D eigenvalue weighted by Crippen LogP contribution is -2.05. The van der Waals surface area contributed by atoms with Crippen LogP contribution in [0, 0.1) is 0 Å². The molecule has 0 radical (unpaired) electrons. The van der Waals surface area contributed by atoms with Crippen LogP contribution in [-0.4, -0.2) is 17.6 Å². The SMILES string of the molecule is CCOC(=O)c1coc(NCc2ccc(Cl)s2)n1. The van der Waals surface area contributed by atoms with Crippen molar-refractivity contribution in [3.63, 3.8) is 0 Å². The third kappa shape index (κ3) is 3.24. The highest BCUT2D eigenvalue weighted by atomic mass is 35.5. The second kappa shape index (κ2) is 5.88. The van der Waals surface area contributed by atoms with Gasteiger partial charge in [-0.05, 0) is 19.1 Å². The zero-order valence-electron chi connectivity index (χ0n) is 9.60. The van der Waals surface area contributed by atoms with E-state index in [1.54, 1.807) is 6.92 Å². The van der Waals surface area contributed by atoms with Crippen molar-refractivity contribution in [2.45, 2.75) is 13.5 Å². The molecule has 2 rings (SSSR count). The molecule has 2 heterocycles. The fourth-order valence-electron chi connectivity index (χ4n) is 1.26. The van der Waals surface area contributed by atoms with Gasteiger partial charge in [0.25, 0.3) is 6.01 Å². The Kier molecular flexibility index (Phi) is 4.22. The molecule has 5 nitrogen and oxygen atoms in total. The molecule has 0 unspecified atom stereocenters. The Bertz CT molecular complexity index is 538. The van der Waals surface area contributed by atoms with Crippen LogP contribution in [0.1, 0.15) is 22.3 Å². The number of nitrogens with zero attached hydrogens (tertiary/aromatic N) is 1. The zero-order valence-corrected chi connectivity index (χ0v) is 11.2. The summed E-state index contributed by atoms with van der Waals surface area (Å²) in [4.78, 5) is 16.4. The molecule has 0 atom stereocenters. The first kappa shape index (κ1) is 12.9. The Morgan fingerprint density at radius 1 is 1.61 bits per heavy atom. The largest absolute Gasteiger partial charge is 0.461 e. The number of carbonyl (C=O) groups excluding carboxylic acids is 1. The van der Waals surface area contributed by atoms with E-state index in [9.17, 15) is 4.79 Å². The third-order valence-corrected chi connectivity index (χ3v) is 3.26. The summed E-state index contributed by atoms with van der Waals surface area (Å²) >= 11 is 7.28. The number of thiophene rings is 1. The number of anilines is 1. The van der Waals surface area contributed by atoms with E-state index in [0.717, 1.165) is 9.21 Å². The number of esters is 1. The maximum atomic E-state index is 11.3. The van der Waals surface area contributed by atoms with Crippen molar-refractivity contribution in [2.24, 2.45) is 0 Å². The zero-order chi connectivity index (χ0) is 13.0. The quantitative estimate of drug-likeness (QED) is 0.855. The van der Waals surface area contributed by atoms with Crippen molar-refractivity contribution in [1.82, 2.24) is 4.98 Å². The predicted molar refractivity (Wildman–Crippen MR) is 69.1 cm³/mol. The molecule has 0 aromatic carbocycles. The topological polar surface area (TPSA) is 64.4 Å². The molecule has 0 spiro atoms. The summed E-state index contributed by atoms with van der Waals surface area (Å²) in [6, 6.07) is 4.01. The Balaban J connectivity index is 1.92. The first-order chi connectivity index (χ1) is 8.69. The van der Waals surface area contributed by atoms with Crippen LogP contribution >= 0.6 is 22.9 Å². The highest BCUT2D eigenvalue weighted by Gasteiger charge is 2.12. The van der Waals surface area contributed by atoms with Gasteiger partial charge in [0, 0.05) is 4.88 Å². The van der Waals surface area contributed by atoms with Gasteiger partial charge >= 0.3 is 5.97 Å². The molecule has 0 bridgehead atoms. The van der Waals surface area contributed by atoms with Crippen molar-refractivity contribution in [2.75, 3.05) is 11.9 Å². The molecule has 1 N–H and O–H groups in total. The molecule has 0 amide bonds. The molecule has 0 aliphatic rings. The first-order valence-corrected chi connectivity index (χ1v) is 6.49. The second-order valence-corrected chi connectivity index (χ2v) is 5.12. The fourth-order valence-corrected chi connectivity index (χ4v) is 2.29. The molecule has 0 saturated carbocycles. The molecule has 18 heavy (non-hydrogen) atoms. The van der Waals surface area contributed by atoms with E-state index in [2.05, 4.69) is 10.3 Å². The lowest BCUT2D eigenvalue weighted by Gasteiger charge is -1.97. The average molecular weight is 287 g/mol. The summed E-state index contributed by atoms with van der Waals surface area (Å²) in [7, 11) is 0. The smallest absolute Gasteiger partial charge is 0.360 e. The molecule has 0 saturated heterocycles. The van der Waals surface area contributed by atoms with Gasteiger partial charge in [-0.1, -0.05) is 11.6 Å². The van der Waals surface area contributed by atoms with Gasteiger partial charge < -0.3 is 14.5 Å². The Labute approximate surface area is 113 Å². The van der Waals surface area contributed by atoms with Gasteiger partial charge in [0.05, 0.1) is 17.5 Å². The molecule has 0 fully saturated rings. The van der Waals surface area contributed by atoms with Crippen LogP contribution < -0.4 is 5.32 Å². The van der Waals surface area contributed by atoms with Crippen molar-refractivity contribution in [3.05, 3.63) is 33.3 Å². The standard InChI is InChI=1S/C11H11ClN2O3S/c1-2-16-10(15)8-6-17-11(14-8)13-5-7-3-4-9(12)18-7/h3-4,6H,2,5H2,1H3,(H,13,14). The Hall–Kier alpha value is -1.53. The van der Waals surface area contributed by atoms with Crippen LogP contribution in [0.25, 0.3) is 0 Å². The first-order valence-electron chi connectivity index (χ1n) is 5.29. The molecule has 0 aliphatic carbocycles. The van der Waals surface area contributed by atoms with Crippen LogP contribution in [0.3, 0.4) is 0 Å². The lowest BCUT2D eigenvalue weighted by atomic mass is 10.5. The van der Waals surface area contributed by atoms with Crippen molar-refractivity contribution in [1.29, 1.82) is 0 Å². The number of aromatic nitrogens is 1. The molecule has 7 heteroatoms. The fraction of sp³-hybridized carbons (Fsp3) is 0.273. The van der Waals surface area contributed by atoms with Gasteiger partial charge in [0.15, 0.2) is 5.69 Å². The third-order valence-electron chi connectivity index (χ3n) is 2.03. The van der Waals surface area contributed by atoms with Crippen LogP contribution in [-0.2, 0) is 11.3 Å². The van der Waals surface area contributed by atoms with Gasteiger partial charge in [-0.3, -0.25) is 0 Å². The Morgan fingerprint density at radius 3 is 3.11 bits per heavy atom. The average Bonchev–Trinajstić information content (AvgIpc) is 2.95. The summed E-state index contributed by atoms with van der Waals surface area (Å²) in [5.74, 6) is -0.492. The normalized spacial score (nSPS) is 10.3. The van der Waals surface area contributed by atoms with Crippen molar-refractivity contribution in [3.8, 4) is 0 Å². The van der Waals surface area contributed by atoms with E-state index < -0.39 is 5.97 Å². The molecule has 2 aromatic rings. The maximum Gasteiger partial charge on any atom is 0.360 e. The van der Waals surface area contributed by atoms with Crippen molar-refractivity contribution >= 4 is 34.9 Å². The van der Waals surface area contributed by atoms with Crippen LogP contribution in [0.15, 0.2) is 22.8 Å². The predicted octanol–water partition coefficient (Wildman–Crippen LogP) is 3.18. The molecule has 2 aromatic heterocycles. The number of hydrogen-bond donors (Lipinski definition) is 1. The maximum absolute atomic E-state index is 11.3. The van der Waals surface area contributed by atoms with E-state index in [-0.39, 0.29) is 11.7 Å². The van der Waals surface area contributed by atoms with Gasteiger partial charge in [0.1, 0.15) is 6.26 Å².